The Bertz CT molecular complexity index is 812. The largest absolute Gasteiger partial charge is 0.496 e. The van der Waals surface area contributed by atoms with Crippen LogP contribution < -0.4 is 10.1 Å². The first kappa shape index (κ1) is 18.3. The van der Waals surface area contributed by atoms with Crippen molar-refractivity contribution in [3.8, 4) is 5.75 Å². The zero-order valence-electron chi connectivity index (χ0n) is 15.0. The summed E-state index contributed by atoms with van der Waals surface area (Å²) in [6, 6.07) is 10.8. The fourth-order valence-corrected chi connectivity index (χ4v) is 3.61. The van der Waals surface area contributed by atoms with Gasteiger partial charge in [0.05, 0.1) is 13.2 Å². The van der Waals surface area contributed by atoms with Gasteiger partial charge in [-0.05, 0) is 30.7 Å². The summed E-state index contributed by atoms with van der Waals surface area (Å²) in [5.41, 5.74) is 1.54. The maximum atomic E-state index is 13.7. The molecule has 0 spiro atoms. The van der Waals surface area contributed by atoms with Crippen LogP contribution in [-0.4, -0.2) is 31.0 Å². The minimum atomic E-state index is -0.910. The number of benzene rings is 2. The summed E-state index contributed by atoms with van der Waals surface area (Å²) in [5, 5.41) is 3.45. The molecule has 138 valence electrons. The van der Waals surface area contributed by atoms with Crippen LogP contribution in [0, 0.1) is 11.6 Å². The van der Waals surface area contributed by atoms with Crippen molar-refractivity contribution >= 4 is 5.91 Å². The van der Waals surface area contributed by atoms with Gasteiger partial charge in [0.15, 0.2) is 11.6 Å². The van der Waals surface area contributed by atoms with Gasteiger partial charge in [-0.25, -0.2) is 8.78 Å². The molecule has 26 heavy (non-hydrogen) atoms. The zero-order chi connectivity index (χ0) is 18.8. The van der Waals surface area contributed by atoms with E-state index < -0.39 is 11.6 Å². The summed E-state index contributed by atoms with van der Waals surface area (Å²) in [4.78, 5) is 13.8. The first-order valence-corrected chi connectivity index (χ1v) is 8.52. The van der Waals surface area contributed by atoms with Gasteiger partial charge in [0.25, 0.3) is 0 Å². The van der Waals surface area contributed by atoms with E-state index in [9.17, 15) is 13.6 Å². The second kappa shape index (κ2) is 7.41. The van der Waals surface area contributed by atoms with Gasteiger partial charge in [0, 0.05) is 31.1 Å². The van der Waals surface area contributed by atoms with Crippen LogP contribution in [0.5, 0.6) is 5.75 Å². The van der Waals surface area contributed by atoms with Crippen molar-refractivity contribution in [2.45, 2.75) is 31.5 Å². The van der Waals surface area contributed by atoms with E-state index in [4.69, 9.17) is 4.74 Å². The summed E-state index contributed by atoms with van der Waals surface area (Å²) in [5.74, 6) is -1.08. The quantitative estimate of drug-likeness (QED) is 0.886. The van der Waals surface area contributed by atoms with Gasteiger partial charge in [-0.15, -0.1) is 0 Å². The van der Waals surface area contributed by atoms with Crippen molar-refractivity contribution < 1.29 is 18.3 Å². The first-order valence-electron chi connectivity index (χ1n) is 8.52. The number of methoxy groups -OCH3 is 1. The number of nitrogens with one attached hydrogen (secondary N) is 1. The highest BCUT2D eigenvalue weighted by Gasteiger charge is 2.39. The highest BCUT2D eigenvalue weighted by atomic mass is 19.2. The number of para-hydroxylation sites is 1. The van der Waals surface area contributed by atoms with Crippen LogP contribution in [0.3, 0.4) is 0 Å². The fourth-order valence-electron chi connectivity index (χ4n) is 3.61. The van der Waals surface area contributed by atoms with E-state index in [1.807, 2.05) is 31.2 Å². The number of nitrogens with zero attached hydrogens (tertiary/aromatic N) is 1. The van der Waals surface area contributed by atoms with Crippen LogP contribution in [0.15, 0.2) is 42.5 Å². The predicted molar refractivity (Wildman–Crippen MR) is 94.8 cm³/mol. The van der Waals surface area contributed by atoms with E-state index in [0.717, 1.165) is 23.4 Å². The molecule has 0 saturated carbocycles. The molecule has 2 aromatic rings. The summed E-state index contributed by atoms with van der Waals surface area (Å²) in [6.07, 6.45) is 0.291. The number of halogens is 2. The summed E-state index contributed by atoms with van der Waals surface area (Å²) in [6.45, 7) is 1.99. The molecular formula is C20H22F2N2O2. The van der Waals surface area contributed by atoms with E-state index in [0.29, 0.717) is 12.0 Å². The van der Waals surface area contributed by atoms with E-state index in [1.54, 1.807) is 19.1 Å². The third-order valence-corrected chi connectivity index (χ3v) is 4.94. The van der Waals surface area contributed by atoms with Crippen LogP contribution in [0.1, 0.15) is 36.6 Å². The van der Waals surface area contributed by atoms with Crippen LogP contribution >= 0.6 is 0 Å². The standard InChI is InChI=1S/C20H22F2N2O2/c1-12(14-6-4-5-7-18(14)26-3)23-17-11-19(25)24(2)20(17)13-8-9-15(21)16(22)10-13/h4-10,12,17,20,23H,11H2,1-3H3/t12-,17-,20-/m0/s1. The lowest BCUT2D eigenvalue weighted by Gasteiger charge is -2.29. The van der Waals surface area contributed by atoms with Crippen LogP contribution in [0.25, 0.3) is 0 Å². The minimum Gasteiger partial charge on any atom is -0.496 e. The third-order valence-electron chi connectivity index (χ3n) is 4.94. The smallest absolute Gasteiger partial charge is 0.224 e. The van der Waals surface area contributed by atoms with E-state index in [-0.39, 0.29) is 24.0 Å². The molecule has 0 bridgehead atoms. The molecule has 1 saturated heterocycles. The molecule has 1 amide bonds. The SMILES string of the molecule is COc1ccccc1[C@H](C)N[C@H]1CC(=O)N(C)[C@H]1c1ccc(F)c(F)c1. The number of hydrogen-bond acceptors (Lipinski definition) is 3. The Kier molecular flexibility index (Phi) is 5.23. The second-order valence-electron chi connectivity index (χ2n) is 6.56. The Morgan fingerprint density at radius 1 is 1.19 bits per heavy atom. The van der Waals surface area contributed by atoms with Gasteiger partial charge in [-0.1, -0.05) is 24.3 Å². The number of carbonyl (C=O) groups excluding carboxylic acids is 1. The lowest BCUT2D eigenvalue weighted by Crippen LogP contribution is -2.36. The van der Waals surface area contributed by atoms with Gasteiger partial charge in [-0.3, -0.25) is 4.79 Å². The Morgan fingerprint density at radius 2 is 1.92 bits per heavy atom. The minimum absolute atomic E-state index is 0.0375. The molecule has 4 nitrogen and oxygen atoms in total. The Hall–Kier alpha value is -2.47. The van der Waals surface area contributed by atoms with Crippen molar-refractivity contribution in [2.24, 2.45) is 0 Å². The van der Waals surface area contributed by atoms with Crippen molar-refractivity contribution in [1.82, 2.24) is 10.2 Å². The normalized spacial score (nSPS) is 21.1. The average Bonchev–Trinajstić information content (AvgIpc) is 2.91. The van der Waals surface area contributed by atoms with Gasteiger partial charge in [0.1, 0.15) is 5.75 Å². The highest BCUT2D eigenvalue weighted by Crippen LogP contribution is 2.35. The van der Waals surface area contributed by atoms with Crippen molar-refractivity contribution in [3.63, 3.8) is 0 Å². The van der Waals surface area contributed by atoms with Gasteiger partial charge >= 0.3 is 0 Å². The molecule has 3 rings (SSSR count). The average molecular weight is 360 g/mol. The molecule has 0 aromatic heterocycles. The summed E-state index contributed by atoms with van der Waals surface area (Å²) in [7, 11) is 3.30. The Morgan fingerprint density at radius 3 is 2.62 bits per heavy atom. The maximum Gasteiger partial charge on any atom is 0.224 e. The molecule has 1 fully saturated rings. The molecule has 1 heterocycles. The van der Waals surface area contributed by atoms with Crippen molar-refractivity contribution in [1.29, 1.82) is 0 Å². The van der Waals surface area contributed by atoms with E-state index >= 15 is 0 Å². The monoisotopic (exact) mass is 360 g/mol. The Balaban J connectivity index is 1.87. The first-order chi connectivity index (χ1) is 12.4. The molecule has 0 aliphatic carbocycles. The number of hydrogen-bond donors (Lipinski definition) is 1. The van der Waals surface area contributed by atoms with Crippen molar-refractivity contribution in [3.05, 3.63) is 65.2 Å². The van der Waals surface area contributed by atoms with Crippen molar-refractivity contribution in [2.75, 3.05) is 14.2 Å². The lowest BCUT2D eigenvalue weighted by atomic mass is 9.98. The molecule has 1 aliphatic heterocycles. The van der Waals surface area contributed by atoms with Crippen LogP contribution in [0.4, 0.5) is 8.78 Å². The number of likely N-dealkylation sites (tertiary alicyclic amines) is 1. The number of rotatable bonds is 5. The number of likely N-dealkylation sites (N-methyl/N-ethyl adjacent to an activating group) is 1. The van der Waals surface area contributed by atoms with Crippen LogP contribution in [-0.2, 0) is 4.79 Å². The molecule has 3 atom stereocenters. The van der Waals surface area contributed by atoms with Gasteiger partial charge < -0.3 is 15.0 Å². The molecule has 0 radical (unpaired) electrons. The van der Waals surface area contributed by atoms with Gasteiger partial charge in [-0.2, -0.15) is 0 Å². The maximum absolute atomic E-state index is 13.7. The Labute approximate surface area is 151 Å². The number of ether oxygens (including phenoxy) is 1. The molecule has 2 aromatic carbocycles. The predicted octanol–water partition coefficient (Wildman–Crippen LogP) is 3.60. The second-order valence-corrected chi connectivity index (χ2v) is 6.56. The molecule has 0 unspecified atom stereocenters. The lowest BCUT2D eigenvalue weighted by molar-refractivity contribution is -0.127. The topological polar surface area (TPSA) is 41.6 Å². The molecule has 6 heteroatoms. The molecule has 1 aliphatic rings. The fraction of sp³-hybridized carbons (Fsp3) is 0.350. The summed E-state index contributed by atoms with van der Waals surface area (Å²) < 4.78 is 32.4. The molecule has 1 N–H and O–H groups in total. The van der Waals surface area contributed by atoms with E-state index in [1.165, 1.54) is 6.07 Å². The highest BCUT2D eigenvalue weighted by molar-refractivity contribution is 5.80. The molecular weight excluding hydrogens is 338 g/mol. The number of amides is 1. The van der Waals surface area contributed by atoms with Crippen LogP contribution in [0.2, 0.25) is 0 Å². The van der Waals surface area contributed by atoms with E-state index in [2.05, 4.69) is 5.32 Å². The zero-order valence-corrected chi connectivity index (χ0v) is 15.0. The third kappa shape index (κ3) is 3.42. The number of carbonyl (C=O) groups is 1. The van der Waals surface area contributed by atoms with Gasteiger partial charge in [0.2, 0.25) is 5.91 Å². The summed E-state index contributed by atoms with van der Waals surface area (Å²) >= 11 is 0.